The van der Waals surface area contributed by atoms with Gasteiger partial charge in [0.15, 0.2) is 6.10 Å². The summed E-state index contributed by atoms with van der Waals surface area (Å²) in [4.78, 5) is 34.7. The predicted molar refractivity (Wildman–Crippen MR) is 191 cm³/mol. The molecule has 3 unspecified atom stereocenters. The molecule has 4 atom stereocenters. The Morgan fingerprint density at radius 1 is 0.729 bits per heavy atom. The molecule has 0 aromatic carbocycles. The van der Waals surface area contributed by atoms with Gasteiger partial charge in [-0.15, -0.1) is 0 Å². The van der Waals surface area contributed by atoms with Crippen LogP contribution in [0.25, 0.3) is 0 Å². The number of epoxide rings is 1. The Morgan fingerprint density at radius 2 is 1.31 bits per heavy atom. The van der Waals surface area contributed by atoms with Crippen molar-refractivity contribution < 1.29 is 42.3 Å². The highest BCUT2D eigenvalue weighted by Crippen LogP contribution is 2.43. The lowest BCUT2D eigenvalue weighted by atomic mass is 10.1. The van der Waals surface area contributed by atoms with E-state index in [1.165, 1.54) is 38.5 Å². The second-order valence-electron chi connectivity index (χ2n) is 12.8. The van der Waals surface area contributed by atoms with E-state index >= 15 is 0 Å². The Balaban J connectivity index is 2.22. The molecule has 0 aromatic rings. The summed E-state index contributed by atoms with van der Waals surface area (Å²) >= 11 is 0. The zero-order valence-electron chi connectivity index (χ0n) is 30.2. The summed E-state index contributed by atoms with van der Waals surface area (Å²) in [6.07, 6.45) is 31.0. The predicted octanol–water partition coefficient (Wildman–Crippen LogP) is 9.04. The van der Waals surface area contributed by atoms with Crippen molar-refractivity contribution in [1.82, 2.24) is 0 Å². The van der Waals surface area contributed by atoms with E-state index < -0.39 is 32.5 Å². The minimum absolute atomic E-state index is 0.0481. The quantitative estimate of drug-likeness (QED) is 0.0219. The molecule has 0 aliphatic carbocycles. The number of phosphoric ester groups is 1. The Bertz CT molecular complexity index is 913. The second kappa shape index (κ2) is 30.3. The van der Waals surface area contributed by atoms with E-state index in [1.54, 1.807) is 0 Å². The van der Waals surface area contributed by atoms with Gasteiger partial charge in [0.05, 0.1) is 25.4 Å². The van der Waals surface area contributed by atoms with Crippen LogP contribution in [0.15, 0.2) is 24.3 Å². The summed E-state index contributed by atoms with van der Waals surface area (Å²) in [6, 6.07) is 0. The van der Waals surface area contributed by atoms with Crippen LogP contribution in [0.1, 0.15) is 155 Å². The molecule has 1 fully saturated rings. The van der Waals surface area contributed by atoms with Gasteiger partial charge in [-0.05, 0) is 57.8 Å². The molecular formula is C37H68NO9P. The number of hydrogen-bond acceptors (Lipinski definition) is 9. The van der Waals surface area contributed by atoms with E-state index in [1.807, 2.05) is 0 Å². The maximum atomic E-state index is 12.5. The van der Waals surface area contributed by atoms with Gasteiger partial charge in [-0.2, -0.15) is 0 Å². The Kier molecular flexibility index (Phi) is 28.1. The molecule has 3 N–H and O–H groups in total. The molecule has 48 heavy (non-hydrogen) atoms. The summed E-state index contributed by atoms with van der Waals surface area (Å²) in [5.74, 6) is -0.863. The van der Waals surface area contributed by atoms with E-state index in [2.05, 4.69) is 38.2 Å². The van der Waals surface area contributed by atoms with Crippen LogP contribution in [0.4, 0.5) is 0 Å². The first-order chi connectivity index (χ1) is 23.3. The van der Waals surface area contributed by atoms with Gasteiger partial charge in [-0.1, -0.05) is 109 Å². The van der Waals surface area contributed by atoms with Crippen LogP contribution in [0.5, 0.6) is 0 Å². The number of nitrogens with two attached hydrogens (primary N) is 1. The molecule has 1 saturated heterocycles. The molecule has 10 nitrogen and oxygen atoms in total. The van der Waals surface area contributed by atoms with Crippen LogP contribution < -0.4 is 5.73 Å². The van der Waals surface area contributed by atoms with Gasteiger partial charge >= 0.3 is 19.8 Å². The number of carbonyl (C=O) groups excluding carboxylic acids is 2. The van der Waals surface area contributed by atoms with Crippen LogP contribution in [0, 0.1) is 0 Å². The van der Waals surface area contributed by atoms with Gasteiger partial charge in [0.2, 0.25) is 0 Å². The highest BCUT2D eigenvalue weighted by molar-refractivity contribution is 7.47. The third kappa shape index (κ3) is 27.3. The first-order valence-corrected chi connectivity index (χ1v) is 20.4. The summed E-state index contributed by atoms with van der Waals surface area (Å²) in [7, 11) is -4.38. The molecule has 280 valence electrons. The maximum absolute atomic E-state index is 12.5. The first kappa shape index (κ1) is 44.5. The Morgan fingerprint density at radius 3 is 1.96 bits per heavy atom. The van der Waals surface area contributed by atoms with Crippen molar-refractivity contribution in [2.75, 3.05) is 26.4 Å². The number of ether oxygens (including phenoxy) is 3. The van der Waals surface area contributed by atoms with E-state index in [-0.39, 0.29) is 32.6 Å². The van der Waals surface area contributed by atoms with Gasteiger partial charge < -0.3 is 24.8 Å². The fourth-order valence-electron chi connectivity index (χ4n) is 5.27. The minimum Gasteiger partial charge on any atom is -0.462 e. The molecule has 0 saturated carbocycles. The van der Waals surface area contributed by atoms with Gasteiger partial charge in [0.1, 0.15) is 6.61 Å². The number of esters is 2. The molecule has 1 aliphatic rings. The fourth-order valence-corrected chi connectivity index (χ4v) is 6.03. The zero-order chi connectivity index (χ0) is 35.1. The first-order valence-electron chi connectivity index (χ1n) is 18.9. The van der Waals surface area contributed by atoms with Gasteiger partial charge in [0, 0.05) is 19.4 Å². The zero-order valence-corrected chi connectivity index (χ0v) is 31.1. The van der Waals surface area contributed by atoms with Gasteiger partial charge in [-0.25, -0.2) is 4.57 Å². The van der Waals surface area contributed by atoms with Crippen LogP contribution in [-0.2, 0) is 37.4 Å². The Labute approximate surface area is 291 Å². The van der Waals surface area contributed by atoms with Crippen LogP contribution >= 0.6 is 7.82 Å². The number of phosphoric acid groups is 1. The van der Waals surface area contributed by atoms with Crippen molar-refractivity contribution in [2.45, 2.75) is 173 Å². The Hall–Kier alpha value is -1.55. The number of unbranched alkanes of at least 4 members (excludes halogenated alkanes) is 14. The maximum Gasteiger partial charge on any atom is 0.472 e. The molecule has 11 heteroatoms. The highest BCUT2D eigenvalue weighted by Gasteiger charge is 2.36. The average molecular weight is 702 g/mol. The van der Waals surface area contributed by atoms with E-state index in [0.29, 0.717) is 25.0 Å². The molecular weight excluding hydrogens is 633 g/mol. The fraction of sp³-hybridized carbons (Fsp3) is 0.838. The number of hydrogen-bond donors (Lipinski definition) is 2. The van der Waals surface area contributed by atoms with Crippen molar-refractivity contribution >= 4 is 19.8 Å². The van der Waals surface area contributed by atoms with Crippen LogP contribution in [0.2, 0.25) is 0 Å². The number of rotatable bonds is 34. The van der Waals surface area contributed by atoms with Crippen molar-refractivity contribution in [3.63, 3.8) is 0 Å². The van der Waals surface area contributed by atoms with Crippen molar-refractivity contribution in [1.29, 1.82) is 0 Å². The third-order valence-corrected chi connectivity index (χ3v) is 9.22. The van der Waals surface area contributed by atoms with Crippen LogP contribution in [-0.4, -0.2) is 61.5 Å². The third-order valence-electron chi connectivity index (χ3n) is 8.23. The van der Waals surface area contributed by atoms with Crippen molar-refractivity contribution in [3.05, 3.63) is 24.3 Å². The molecule has 0 amide bonds. The topological polar surface area (TPSA) is 147 Å². The van der Waals surface area contributed by atoms with E-state index in [9.17, 15) is 19.0 Å². The summed E-state index contributed by atoms with van der Waals surface area (Å²) in [5.41, 5.74) is 5.32. The van der Waals surface area contributed by atoms with Crippen LogP contribution in [0.3, 0.4) is 0 Å². The molecule has 1 rings (SSSR count). The van der Waals surface area contributed by atoms with Gasteiger partial charge in [0.25, 0.3) is 0 Å². The minimum atomic E-state index is -4.38. The average Bonchev–Trinajstić information content (AvgIpc) is 3.82. The monoisotopic (exact) mass is 701 g/mol. The largest absolute Gasteiger partial charge is 0.472 e. The van der Waals surface area contributed by atoms with Crippen molar-refractivity contribution in [2.24, 2.45) is 5.73 Å². The smallest absolute Gasteiger partial charge is 0.462 e. The van der Waals surface area contributed by atoms with E-state index in [0.717, 1.165) is 77.0 Å². The van der Waals surface area contributed by atoms with Crippen molar-refractivity contribution in [3.8, 4) is 0 Å². The van der Waals surface area contributed by atoms with Gasteiger partial charge in [-0.3, -0.25) is 18.6 Å². The summed E-state index contributed by atoms with van der Waals surface area (Å²) in [6.45, 7) is 3.61. The number of allylic oxidation sites excluding steroid dienone is 3. The normalized spacial score (nSPS) is 17.9. The highest BCUT2D eigenvalue weighted by atomic mass is 31.2. The van der Waals surface area contributed by atoms with E-state index in [4.69, 9.17) is 29.0 Å². The lowest BCUT2D eigenvalue weighted by Gasteiger charge is -2.19. The lowest BCUT2D eigenvalue weighted by Crippen LogP contribution is -2.29. The molecule has 0 spiro atoms. The molecule has 0 aromatic heterocycles. The number of carbonyl (C=O) groups is 2. The summed E-state index contributed by atoms with van der Waals surface area (Å²) < 4.78 is 38.3. The molecule has 0 radical (unpaired) electrons. The summed E-state index contributed by atoms with van der Waals surface area (Å²) in [5, 5.41) is 0. The SMILES string of the molecule is CCCC/C=C\CCCCCCCC(=O)O[C@H](COC(=O)CCCCCCC/C=C\CC1OC1CCCCC)COP(=O)(O)OCCN. The second-order valence-corrected chi connectivity index (χ2v) is 14.3. The molecule has 1 heterocycles. The standard InChI is InChI=1S/C37H68NO9P/c1-3-5-7-8-9-10-11-12-17-20-24-28-37(40)46-33(32-45-48(41,42)44-30-29-38)31-43-36(39)27-23-19-16-14-13-15-18-22-26-35-34(47-35)25-21-6-4-2/h8-9,18,22,33-35H,3-7,10-17,19-21,23-32,38H2,1-2H3,(H,41,42)/b9-8-,22-18-/t33-,34?,35?/m1/s1. The molecule has 0 bridgehead atoms. The molecule has 1 aliphatic heterocycles. The lowest BCUT2D eigenvalue weighted by molar-refractivity contribution is -0.161.